The van der Waals surface area contributed by atoms with E-state index in [1.807, 2.05) is 30.5 Å². The third-order valence-electron chi connectivity index (χ3n) is 6.52. The van der Waals surface area contributed by atoms with Crippen molar-refractivity contribution >= 4 is 39.8 Å². The molecule has 2 aromatic heterocycles. The Balaban J connectivity index is 1.34. The van der Waals surface area contributed by atoms with Crippen LogP contribution in [0.2, 0.25) is 5.02 Å². The monoisotopic (exact) mass is 504 g/mol. The van der Waals surface area contributed by atoms with Crippen LogP contribution in [0.5, 0.6) is 5.75 Å². The maximum atomic E-state index is 6.50. The second-order valence-corrected chi connectivity index (χ2v) is 10.7. The molecule has 4 aromatic rings. The van der Waals surface area contributed by atoms with E-state index in [9.17, 15) is 0 Å². The Morgan fingerprint density at radius 3 is 2.64 bits per heavy atom. The minimum atomic E-state index is 0.140. The molecular weight excluding hydrogens is 472 g/mol. The van der Waals surface area contributed by atoms with Gasteiger partial charge in [-0.1, -0.05) is 29.8 Å². The Morgan fingerprint density at radius 1 is 1.11 bits per heavy atom. The standard InChI is InChI=1S/C28H33ClN6O/c1-28(2,3)34-18-11-13-35(14-12-18)19-9-10-24(25(15-19)36-4)32-27-31-17-22(29)26(33-27)21-16-30-23-8-6-5-7-20(21)23/h5-10,15-18,30,34H,11-14H2,1-4H3,(H,31,32,33). The van der Waals surface area contributed by atoms with Crippen molar-refractivity contribution in [2.45, 2.75) is 45.2 Å². The van der Waals surface area contributed by atoms with E-state index in [2.05, 4.69) is 64.5 Å². The first kappa shape index (κ1) is 24.4. The Bertz CT molecular complexity index is 1350. The topological polar surface area (TPSA) is 78.1 Å². The first-order chi connectivity index (χ1) is 17.3. The molecule has 0 bridgehead atoms. The number of anilines is 3. The molecule has 0 amide bonds. The maximum Gasteiger partial charge on any atom is 0.227 e. The summed E-state index contributed by atoms with van der Waals surface area (Å²) < 4.78 is 5.73. The highest BCUT2D eigenvalue weighted by Gasteiger charge is 2.23. The molecule has 3 heterocycles. The highest BCUT2D eigenvalue weighted by molar-refractivity contribution is 6.33. The Labute approximate surface area is 217 Å². The first-order valence-electron chi connectivity index (χ1n) is 12.4. The van der Waals surface area contributed by atoms with Gasteiger partial charge in [-0.15, -0.1) is 0 Å². The van der Waals surface area contributed by atoms with Gasteiger partial charge in [-0.2, -0.15) is 0 Å². The molecule has 0 unspecified atom stereocenters. The number of aromatic nitrogens is 3. The fraction of sp³-hybridized carbons (Fsp3) is 0.357. The largest absolute Gasteiger partial charge is 0.494 e. The minimum absolute atomic E-state index is 0.140. The second kappa shape index (κ2) is 9.99. The van der Waals surface area contributed by atoms with Crippen molar-refractivity contribution in [3.63, 3.8) is 0 Å². The Kier molecular flexibility index (Phi) is 6.77. The van der Waals surface area contributed by atoms with Gasteiger partial charge in [-0.3, -0.25) is 0 Å². The zero-order valence-corrected chi connectivity index (χ0v) is 22.0. The van der Waals surface area contributed by atoms with Crippen molar-refractivity contribution in [3.05, 3.63) is 59.9 Å². The van der Waals surface area contributed by atoms with Gasteiger partial charge in [0.05, 0.1) is 29.7 Å². The molecule has 5 rings (SSSR count). The van der Waals surface area contributed by atoms with Crippen molar-refractivity contribution in [1.29, 1.82) is 0 Å². The number of hydrogen-bond donors (Lipinski definition) is 3. The number of benzene rings is 2. The zero-order valence-electron chi connectivity index (χ0n) is 21.2. The van der Waals surface area contributed by atoms with Crippen molar-refractivity contribution in [1.82, 2.24) is 20.3 Å². The summed E-state index contributed by atoms with van der Waals surface area (Å²) >= 11 is 6.50. The number of nitrogens with one attached hydrogen (secondary N) is 3. The number of halogens is 1. The van der Waals surface area contributed by atoms with Crippen LogP contribution in [-0.4, -0.2) is 46.7 Å². The van der Waals surface area contributed by atoms with E-state index in [1.54, 1.807) is 13.3 Å². The predicted molar refractivity (Wildman–Crippen MR) is 149 cm³/mol. The smallest absolute Gasteiger partial charge is 0.227 e. The number of fused-ring (bicyclic) bond motifs is 1. The SMILES string of the molecule is COc1cc(N2CCC(NC(C)(C)C)CC2)ccc1Nc1ncc(Cl)c(-c2c[nH]c3ccccc23)n1. The number of rotatable bonds is 6. The van der Waals surface area contributed by atoms with Crippen molar-refractivity contribution in [2.24, 2.45) is 0 Å². The highest BCUT2D eigenvalue weighted by atomic mass is 35.5. The Morgan fingerprint density at radius 2 is 1.89 bits per heavy atom. The summed E-state index contributed by atoms with van der Waals surface area (Å²) in [7, 11) is 1.68. The number of para-hydroxylation sites is 1. The molecule has 188 valence electrons. The summed E-state index contributed by atoms with van der Waals surface area (Å²) in [5.41, 5.74) is 4.75. The van der Waals surface area contributed by atoms with Crippen LogP contribution in [0.4, 0.5) is 17.3 Å². The van der Waals surface area contributed by atoms with Gasteiger partial charge >= 0.3 is 0 Å². The predicted octanol–water partition coefficient (Wildman–Crippen LogP) is 6.39. The van der Waals surface area contributed by atoms with Gasteiger partial charge < -0.3 is 25.3 Å². The molecule has 1 fully saturated rings. The third-order valence-corrected chi connectivity index (χ3v) is 6.79. The lowest BCUT2D eigenvalue weighted by molar-refractivity contribution is 0.317. The highest BCUT2D eigenvalue weighted by Crippen LogP contribution is 2.35. The average molecular weight is 505 g/mol. The minimum Gasteiger partial charge on any atom is -0.494 e. The van der Waals surface area contributed by atoms with Crippen LogP contribution in [0.1, 0.15) is 33.6 Å². The van der Waals surface area contributed by atoms with Crippen molar-refractivity contribution in [2.75, 3.05) is 30.4 Å². The number of piperidine rings is 1. The van der Waals surface area contributed by atoms with Gasteiger partial charge in [-0.05, 0) is 51.8 Å². The number of methoxy groups -OCH3 is 1. The van der Waals surface area contributed by atoms with Crippen LogP contribution < -0.4 is 20.3 Å². The van der Waals surface area contributed by atoms with E-state index in [0.29, 0.717) is 22.7 Å². The van der Waals surface area contributed by atoms with E-state index in [-0.39, 0.29) is 5.54 Å². The normalized spacial score (nSPS) is 14.9. The third kappa shape index (κ3) is 5.27. The molecule has 36 heavy (non-hydrogen) atoms. The van der Waals surface area contributed by atoms with Gasteiger partial charge in [0, 0.05) is 59.1 Å². The summed E-state index contributed by atoms with van der Waals surface area (Å²) in [6.45, 7) is 8.70. The molecule has 1 aliphatic heterocycles. The van der Waals surface area contributed by atoms with Crippen molar-refractivity contribution < 1.29 is 4.74 Å². The van der Waals surface area contributed by atoms with Crippen LogP contribution in [-0.2, 0) is 0 Å². The molecule has 8 heteroatoms. The van der Waals surface area contributed by atoms with Crippen LogP contribution in [0.15, 0.2) is 54.9 Å². The summed E-state index contributed by atoms with van der Waals surface area (Å²) in [4.78, 5) is 14.9. The van der Waals surface area contributed by atoms with E-state index in [1.165, 1.54) is 0 Å². The maximum absolute atomic E-state index is 6.50. The number of nitrogens with zero attached hydrogens (tertiary/aromatic N) is 3. The summed E-state index contributed by atoms with van der Waals surface area (Å²) in [5.74, 6) is 1.20. The van der Waals surface area contributed by atoms with Gasteiger partial charge in [0.15, 0.2) is 0 Å². The molecule has 1 saturated heterocycles. The van der Waals surface area contributed by atoms with E-state index >= 15 is 0 Å². The molecule has 1 aliphatic rings. The molecule has 7 nitrogen and oxygen atoms in total. The average Bonchev–Trinajstić information content (AvgIpc) is 3.29. The molecule has 0 atom stereocenters. The van der Waals surface area contributed by atoms with Gasteiger partial charge in [0.1, 0.15) is 5.75 Å². The molecule has 0 spiro atoms. The first-order valence-corrected chi connectivity index (χ1v) is 12.8. The fourth-order valence-electron chi connectivity index (χ4n) is 4.88. The molecule has 3 N–H and O–H groups in total. The van der Waals surface area contributed by atoms with E-state index in [0.717, 1.165) is 59.5 Å². The lowest BCUT2D eigenvalue weighted by Crippen LogP contribution is -2.49. The number of H-pyrrole nitrogens is 1. The second-order valence-electron chi connectivity index (χ2n) is 10.3. The van der Waals surface area contributed by atoms with Gasteiger partial charge in [0.25, 0.3) is 0 Å². The lowest BCUT2D eigenvalue weighted by atomic mass is 9.99. The number of ether oxygens (including phenoxy) is 1. The number of hydrogen-bond acceptors (Lipinski definition) is 6. The van der Waals surface area contributed by atoms with E-state index in [4.69, 9.17) is 21.3 Å². The molecule has 2 aromatic carbocycles. The summed E-state index contributed by atoms with van der Waals surface area (Å²) in [5, 5.41) is 8.61. The molecular formula is C28H33ClN6O. The van der Waals surface area contributed by atoms with Crippen molar-refractivity contribution in [3.8, 4) is 17.0 Å². The number of aromatic amines is 1. The molecule has 0 saturated carbocycles. The van der Waals surface area contributed by atoms with Gasteiger partial charge in [0.2, 0.25) is 5.95 Å². The summed E-state index contributed by atoms with van der Waals surface area (Å²) in [6, 6.07) is 14.9. The Hall–Kier alpha value is -3.29. The van der Waals surface area contributed by atoms with E-state index < -0.39 is 0 Å². The fourth-order valence-corrected chi connectivity index (χ4v) is 5.07. The van der Waals surface area contributed by atoms with Crippen LogP contribution in [0.25, 0.3) is 22.2 Å². The van der Waals surface area contributed by atoms with Crippen LogP contribution in [0.3, 0.4) is 0 Å². The van der Waals surface area contributed by atoms with Gasteiger partial charge in [-0.25, -0.2) is 9.97 Å². The zero-order chi connectivity index (χ0) is 25.3. The quantitative estimate of drug-likeness (QED) is 0.282. The summed E-state index contributed by atoms with van der Waals surface area (Å²) in [6.07, 6.45) is 5.80. The molecule has 0 radical (unpaired) electrons. The van der Waals surface area contributed by atoms with Crippen LogP contribution in [0, 0.1) is 0 Å². The lowest BCUT2D eigenvalue weighted by Gasteiger charge is -2.37. The molecule has 0 aliphatic carbocycles. The van der Waals surface area contributed by atoms with Crippen LogP contribution >= 0.6 is 11.6 Å².